The predicted octanol–water partition coefficient (Wildman–Crippen LogP) is 17.2. The van der Waals surface area contributed by atoms with Gasteiger partial charge in [0.2, 0.25) is 0 Å². The third-order valence-electron chi connectivity index (χ3n) is 12.8. The summed E-state index contributed by atoms with van der Waals surface area (Å²) in [5.41, 5.74) is 16.4. The minimum atomic E-state index is 1.09. The Morgan fingerprint density at radius 1 is 0.266 bits per heavy atom. The Labute approximate surface area is 373 Å². The molecule has 2 heteroatoms. The molecule has 1 aromatic heterocycles. The third-order valence-corrected chi connectivity index (χ3v) is 12.8. The quantitative estimate of drug-likeness (QED) is 0.139. The van der Waals surface area contributed by atoms with Gasteiger partial charge in [-0.3, -0.25) is 0 Å². The molecule has 11 aromatic carbocycles. The monoisotopic (exact) mass is 814 g/mol. The fraction of sp³-hybridized carbons (Fsp3) is 0. The van der Waals surface area contributed by atoms with Crippen LogP contribution in [-0.2, 0) is 0 Å². The Balaban J connectivity index is 0.913. The Hall–Kier alpha value is -8.46. The van der Waals surface area contributed by atoms with E-state index >= 15 is 0 Å². The average molecular weight is 815 g/mol. The molecule has 0 radical (unpaired) electrons. The van der Waals surface area contributed by atoms with Crippen molar-refractivity contribution in [3.8, 4) is 50.2 Å². The maximum absolute atomic E-state index is 2.41. The van der Waals surface area contributed by atoms with Crippen molar-refractivity contribution in [1.82, 2.24) is 4.57 Å². The van der Waals surface area contributed by atoms with Gasteiger partial charge < -0.3 is 9.47 Å². The fourth-order valence-electron chi connectivity index (χ4n) is 9.78. The molecule has 0 saturated carbocycles. The van der Waals surface area contributed by atoms with E-state index in [4.69, 9.17) is 0 Å². The molecule has 0 fully saturated rings. The Morgan fingerprint density at radius 2 is 0.703 bits per heavy atom. The molecule has 12 rings (SSSR count). The van der Waals surface area contributed by atoms with Crippen molar-refractivity contribution in [2.24, 2.45) is 0 Å². The minimum Gasteiger partial charge on any atom is -0.310 e. The van der Waals surface area contributed by atoms with Crippen molar-refractivity contribution >= 4 is 60.4 Å². The second-order valence-corrected chi connectivity index (χ2v) is 16.5. The van der Waals surface area contributed by atoms with Gasteiger partial charge in [-0.1, -0.05) is 200 Å². The van der Waals surface area contributed by atoms with Crippen LogP contribution in [0.15, 0.2) is 255 Å². The van der Waals surface area contributed by atoms with Crippen LogP contribution in [-0.4, -0.2) is 4.57 Å². The molecule has 12 aromatic rings. The lowest BCUT2D eigenvalue weighted by Gasteiger charge is -2.28. The predicted molar refractivity (Wildman–Crippen MR) is 272 cm³/mol. The van der Waals surface area contributed by atoms with Crippen molar-refractivity contribution in [3.05, 3.63) is 255 Å². The van der Waals surface area contributed by atoms with Crippen LogP contribution in [0, 0.1) is 0 Å². The van der Waals surface area contributed by atoms with Gasteiger partial charge in [0.1, 0.15) is 0 Å². The summed E-state index contributed by atoms with van der Waals surface area (Å²) in [6.07, 6.45) is 0. The SMILES string of the molecule is c1ccc(-c2ccccc2N(c2ccc(-c3ccc(-c4ccccc4-n4c5ccccc5c5ccccc54)cc3)cc2)c2ccc(-c3cc4ccccc4c4ccccc34)cc2)cc1. The first-order chi connectivity index (χ1) is 31.8. The van der Waals surface area contributed by atoms with E-state index < -0.39 is 0 Å². The molecule has 2 nitrogen and oxygen atoms in total. The number of para-hydroxylation sites is 4. The number of benzene rings is 11. The summed E-state index contributed by atoms with van der Waals surface area (Å²) in [5, 5.41) is 7.59. The lowest BCUT2D eigenvalue weighted by Crippen LogP contribution is -2.11. The van der Waals surface area contributed by atoms with E-state index in [0.717, 1.165) is 17.1 Å². The highest BCUT2D eigenvalue weighted by atomic mass is 15.1. The number of hydrogen-bond acceptors (Lipinski definition) is 1. The summed E-state index contributed by atoms with van der Waals surface area (Å²) in [4.78, 5) is 2.39. The normalized spacial score (nSPS) is 11.4. The summed E-state index contributed by atoms with van der Waals surface area (Å²) in [6.45, 7) is 0. The average Bonchev–Trinajstić information content (AvgIpc) is 3.71. The van der Waals surface area contributed by atoms with Crippen LogP contribution in [0.4, 0.5) is 17.1 Å². The van der Waals surface area contributed by atoms with Crippen LogP contribution in [0.3, 0.4) is 0 Å². The number of anilines is 3. The molecule has 64 heavy (non-hydrogen) atoms. The molecule has 0 aliphatic carbocycles. The molecule has 0 atom stereocenters. The van der Waals surface area contributed by atoms with Crippen molar-refractivity contribution in [2.75, 3.05) is 4.90 Å². The zero-order chi connectivity index (χ0) is 42.4. The van der Waals surface area contributed by atoms with Crippen molar-refractivity contribution in [2.45, 2.75) is 0 Å². The van der Waals surface area contributed by atoms with E-state index in [1.807, 2.05) is 0 Å². The smallest absolute Gasteiger partial charge is 0.0541 e. The molecule has 1 heterocycles. The van der Waals surface area contributed by atoms with Crippen molar-refractivity contribution in [1.29, 1.82) is 0 Å². The molecule has 300 valence electrons. The molecule has 0 amide bonds. The second-order valence-electron chi connectivity index (χ2n) is 16.5. The summed E-state index contributed by atoms with van der Waals surface area (Å²) >= 11 is 0. The van der Waals surface area contributed by atoms with Gasteiger partial charge >= 0.3 is 0 Å². The maximum atomic E-state index is 2.41. The lowest BCUT2D eigenvalue weighted by atomic mass is 9.93. The highest BCUT2D eigenvalue weighted by molar-refractivity contribution is 6.14. The molecule has 0 aliphatic heterocycles. The van der Waals surface area contributed by atoms with Crippen LogP contribution in [0.2, 0.25) is 0 Å². The van der Waals surface area contributed by atoms with E-state index in [1.165, 1.54) is 93.5 Å². The van der Waals surface area contributed by atoms with E-state index in [1.54, 1.807) is 0 Å². The highest BCUT2D eigenvalue weighted by Gasteiger charge is 2.19. The number of hydrogen-bond donors (Lipinski definition) is 0. The number of aromatic nitrogens is 1. The Kier molecular flexibility index (Phi) is 9.20. The zero-order valence-corrected chi connectivity index (χ0v) is 35.1. The van der Waals surface area contributed by atoms with Crippen LogP contribution >= 0.6 is 0 Å². The second kappa shape index (κ2) is 15.8. The van der Waals surface area contributed by atoms with Crippen molar-refractivity contribution < 1.29 is 0 Å². The molecule has 0 bridgehead atoms. The Morgan fingerprint density at radius 3 is 1.38 bits per heavy atom. The molecule has 0 aliphatic rings. The summed E-state index contributed by atoms with van der Waals surface area (Å²) in [7, 11) is 0. The van der Waals surface area contributed by atoms with Gasteiger partial charge in [-0.15, -0.1) is 0 Å². The van der Waals surface area contributed by atoms with Gasteiger partial charge in [-0.25, -0.2) is 0 Å². The molecule has 0 N–H and O–H groups in total. The van der Waals surface area contributed by atoms with E-state index in [-0.39, 0.29) is 0 Å². The van der Waals surface area contributed by atoms with E-state index in [9.17, 15) is 0 Å². The largest absolute Gasteiger partial charge is 0.310 e. The fourth-order valence-corrected chi connectivity index (χ4v) is 9.78. The van der Waals surface area contributed by atoms with Crippen LogP contribution < -0.4 is 4.90 Å². The third kappa shape index (κ3) is 6.44. The first kappa shape index (κ1) is 37.3. The van der Waals surface area contributed by atoms with Crippen molar-refractivity contribution in [3.63, 3.8) is 0 Å². The summed E-state index contributed by atoms with van der Waals surface area (Å²) < 4.78 is 2.41. The van der Waals surface area contributed by atoms with Gasteiger partial charge in [-0.05, 0) is 110 Å². The minimum absolute atomic E-state index is 1.09. The molecule has 0 spiro atoms. The van der Waals surface area contributed by atoms with Gasteiger partial charge in [-0.2, -0.15) is 0 Å². The van der Waals surface area contributed by atoms with Gasteiger partial charge in [0.25, 0.3) is 0 Å². The number of rotatable bonds is 8. The first-order valence-corrected chi connectivity index (χ1v) is 22.0. The Bertz CT molecular complexity index is 3580. The molecular weight excluding hydrogens is 773 g/mol. The highest BCUT2D eigenvalue weighted by Crippen LogP contribution is 2.43. The van der Waals surface area contributed by atoms with Gasteiger partial charge in [0.15, 0.2) is 0 Å². The molecule has 0 unspecified atom stereocenters. The summed E-state index contributed by atoms with van der Waals surface area (Å²) in [6, 6.07) is 92.5. The van der Waals surface area contributed by atoms with Crippen LogP contribution in [0.1, 0.15) is 0 Å². The standard InChI is InChI=1S/C62H42N2/c1-2-16-45(17-3-1)52-20-8-12-26-59(52)63(50-40-36-47(37-41-50)58-42-48-18-4-5-19-51(48)54-22-6-7-23-55(54)58)49-38-34-44(35-39-49)43-30-32-46(33-31-43)53-21-9-13-27-60(53)64-61-28-14-10-24-56(61)57-25-11-15-29-62(57)64/h1-42H. The summed E-state index contributed by atoms with van der Waals surface area (Å²) in [5.74, 6) is 0. The van der Waals surface area contributed by atoms with Gasteiger partial charge in [0, 0.05) is 33.3 Å². The maximum Gasteiger partial charge on any atom is 0.0541 e. The zero-order valence-electron chi connectivity index (χ0n) is 35.1. The van der Waals surface area contributed by atoms with E-state index in [0.29, 0.717) is 0 Å². The topological polar surface area (TPSA) is 8.17 Å². The molecular formula is C62H42N2. The first-order valence-electron chi connectivity index (χ1n) is 22.0. The van der Waals surface area contributed by atoms with Crippen LogP contribution in [0.5, 0.6) is 0 Å². The lowest BCUT2D eigenvalue weighted by molar-refractivity contribution is 1.18. The number of fused-ring (bicyclic) bond motifs is 6. The van der Waals surface area contributed by atoms with Gasteiger partial charge in [0.05, 0.1) is 22.4 Å². The van der Waals surface area contributed by atoms with E-state index in [2.05, 4.69) is 264 Å². The molecule has 0 saturated heterocycles. The number of nitrogens with zero attached hydrogens (tertiary/aromatic N) is 2. The van der Waals surface area contributed by atoms with Crippen LogP contribution in [0.25, 0.3) is 93.5 Å².